The van der Waals surface area contributed by atoms with Gasteiger partial charge in [-0.1, -0.05) is 12.1 Å². The predicted octanol–water partition coefficient (Wildman–Crippen LogP) is 2.37. The van der Waals surface area contributed by atoms with Gasteiger partial charge in [0.25, 0.3) is 0 Å². The van der Waals surface area contributed by atoms with Gasteiger partial charge in [0.2, 0.25) is 5.91 Å². The summed E-state index contributed by atoms with van der Waals surface area (Å²) in [6.45, 7) is 2.26. The molecule has 3 rings (SSSR count). The summed E-state index contributed by atoms with van der Waals surface area (Å²) in [5.41, 5.74) is 1.27. The number of benzene rings is 1. The van der Waals surface area contributed by atoms with E-state index < -0.39 is 0 Å². The van der Waals surface area contributed by atoms with Crippen molar-refractivity contribution in [3.63, 3.8) is 0 Å². The standard InChI is InChI=1S/C20H27N3O3/c1-22-12-5-7-16(22)17-8-6-13-23(17)15-20(24)21-11-14-26-19-10-4-3-9-18(19)25-2/h3-5,7,9-10,12,17H,6,8,11,13-15H2,1-2H3,(H,21,24)/t17-/m1/s1. The third kappa shape index (κ3) is 4.38. The number of rotatable bonds is 8. The van der Waals surface area contributed by atoms with Crippen molar-refractivity contribution in [3.05, 3.63) is 48.3 Å². The van der Waals surface area contributed by atoms with Crippen LogP contribution in [0.3, 0.4) is 0 Å². The zero-order valence-electron chi connectivity index (χ0n) is 15.5. The number of methoxy groups -OCH3 is 1. The van der Waals surface area contributed by atoms with Gasteiger partial charge in [0.15, 0.2) is 11.5 Å². The molecule has 0 aliphatic carbocycles. The number of carbonyl (C=O) groups is 1. The van der Waals surface area contributed by atoms with Crippen LogP contribution in [0.2, 0.25) is 0 Å². The van der Waals surface area contributed by atoms with Crippen LogP contribution in [-0.4, -0.2) is 48.7 Å². The van der Waals surface area contributed by atoms with Gasteiger partial charge in [0.1, 0.15) is 6.61 Å². The fourth-order valence-electron chi connectivity index (χ4n) is 3.50. The van der Waals surface area contributed by atoms with Crippen molar-refractivity contribution in [3.8, 4) is 11.5 Å². The van der Waals surface area contributed by atoms with Gasteiger partial charge in [0.05, 0.1) is 26.2 Å². The molecule has 1 aromatic carbocycles. The molecule has 26 heavy (non-hydrogen) atoms. The molecule has 2 aromatic rings. The van der Waals surface area contributed by atoms with E-state index in [0.717, 1.165) is 19.4 Å². The molecule has 1 aromatic heterocycles. The van der Waals surface area contributed by atoms with E-state index in [9.17, 15) is 4.79 Å². The molecule has 140 valence electrons. The van der Waals surface area contributed by atoms with Gasteiger partial charge in [-0.25, -0.2) is 0 Å². The lowest BCUT2D eigenvalue weighted by atomic mass is 10.1. The first-order valence-electron chi connectivity index (χ1n) is 9.07. The molecular weight excluding hydrogens is 330 g/mol. The summed E-state index contributed by atoms with van der Waals surface area (Å²) in [4.78, 5) is 14.5. The van der Waals surface area contributed by atoms with E-state index in [4.69, 9.17) is 9.47 Å². The third-order valence-corrected chi connectivity index (χ3v) is 4.79. The normalized spacial score (nSPS) is 17.2. The zero-order chi connectivity index (χ0) is 18.4. The van der Waals surface area contributed by atoms with Crippen molar-refractivity contribution in [2.45, 2.75) is 18.9 Å². The van der Waals surface area contributed by atoms with Crippen molar-refractivity contribution in [1.29, 1.82) is 0 Å². The fraction of sp³-hybridized carbons (Fsp3) is 0.450. The monoisotopic (exact) mass is 357 g/mol. The summed E-state index contributed by atoms with van der Waals surface area (Å²) < 4.78 is 13.1. The molecule has 1 amide bonds. The lowest BCUT2D eigenvalue weighted by Crippen LogP contribution is -2.38. The van der Waals surface area contributed by atoms with Gasteiger partial charge in [-0.05, 0) is 43.7 Å². The molecular formula is C20H27N3O3. The van der Waals surface area contributed by atoms with Gasteiger partial charge >= 0.3 is 0 Å². The zero-order valence-corrected chi connectivity index (χ0v) is 15.5. The minimum absolute atomic E-state index is 0.0368. The Morgan fingerprint density at radius 3 is 2.77 bits per heavy atom. The quantitative estimate of drug-likeness (QED) is 0.737. The number of aromatic nitrogens is 1. The van der Waals surface area contributed by atoms with Crippen molar-refractivity contribution >= 4 is 5.91 Å². The van der Waals surface area contributed by atoms with Gasteiger partial charge in [-0.15, -0.1) is 0 Å². The van der Waals surface area contributed by atoms with Crippen LogP contribution in [0.25, 0.3) is 0 Å². The molecule has 1 aliphatic heterocycles. The van der Waals surface area contributed by atoms with Crippen LogP contribution in [0.4, 0.5) is 0 Å². The van der Waals surface area contributed by atoms with Crippen LogP contribution in [0, 0.1) is 0 Å². The lowest BCUT2D eigenvalue weighted by molar-refractivity contribution is -0.122. The molecule has 0 spiro atoms. The highest BCUT2D eigenvalue weighted by molar-refractivity contribution is 5.78. The van der Waals surface area contributed by atoms with E-state index in [1.54, 1.807) is 7.11 Å². The van der Waals surface area contributed by atoms with E-state index >= 15 is 0 Å². The number of hydrogen-bond acceptors (Lipinski definition) is 4. The van der Waals surface area contributed by atoms with E-state index in [1.807, 2.05) is 24.3 Å². The number of aryl methyl sites for hydroxylation is 1. The molecule has 0 radical (unpaired) electrons. The maximum atomic E-state index is 12.3. The topological polar surface area (TPSA) is 55.7 Å². The van der Waals surface area contributed by atoms with Crippen LogP contribution in [0.1, 0.15) is 24.6 Å². The Labute approximate surface area is 154 Å². The second kappa shape index (κ2) is 8.76. The summed E-state index contributed by atoms with van der Waals surface area (Å²) in [7, 11) is 3.67. The Bertz CT molecular complexity index is 729. The number of amides is 1. The Kier molecular flexibility index (Phi) is 6.17. The van der Waals surface area contributed by atoms with Crippen LogP contribution >= 0.6 is 0 Å². The Hall–Kier alpha value is -2.47. The second-order valence-corrected chi connectivity index (χ2v) is 6.52. The van der Waals surface area contributed by atoms with Crippen molar-refractivity contribution in [2.24, 2.45) is 7.05 Å². The van der Waals surface area contributed by atoms with Crippen LogP contribution in [-0.2, 0) is 11.8 Å². The molecule has 6 heteroatoms. The first-order chi connectivity index (χ1) is 12.7. The summed E-state index contributed by atoms with van der Waals surface area (Å²) >= 11 is 0. The Morgan fingerprint density at radius 1 is 1.23 bits per heavy atom. The third-order valence-electron chi connectivity index (χ3n) is 4.79. The van der Waals surface area contributed by atoms with Crippen LogP contribution in [0.5, 0.6) is 11.5 Å². The van der Waals surface area contributed by atoms with Crippen molar-refractivity contribution < 1.29 is 14.3 Å². The molecule has 1 N–H and O–H groups in total. The molecule has 0 saturated carbocycles. The van der Waals surface area contributed by atoms with Gasteiger partial charge in [-0.2, -0.15) is 0 Å². The molecule has 1 atom stereocenters. The van der Waals surface area contributed by atoms with Crippen molar-refractivity contribution in [2.75, 3.05) is 33.4 Å². The Morgan fingerprint density at radius 2 is 2.04 bits per heavy atom. The average Bonchev–Trinajstić information content (AvgIpc) is 3.27. The molecule has 1 fully saturated rings. The number of hydrogen-bond donors (Lipinski definition) is 1. The summed E-state index contributed by atoms with van der Waals surface area (Å²) in [6, 6.07) is 12.0. The molecule has 0 bridgehead atoms. The SMILES string of the molecule is COc1ccccc1OCCNC(=O)CN1CCC[C@@H]1c1cccn1C. The largest absolute Gasteiger partial charge is 0.493 e. The molecule has 6 nitrogen and oxygen atoms in total. The van der Waals surface area contributed by atoms with Crippen molar-refractivity contribution in [1.82, 2.24) is 14.8 Å². The highest BCUT2D eigenvalue weighted by Crippen LogP contribution is 2.31. The Balaban J connectivity index is 1.43. The van der Waals surface area contributed by atoms with E-state index in [0.29, 0.717) is 37.2 Å². The number of ether oxygens (including phenoxy) is 2. The van der Waals surface area contributed by atoms with Crippen LogP contribution < -0.4 is 14.8 Å². The fourth-order valence-corrected chi connectivity index (χ4v) is 3.50. The minimum Gasteiger partial charge on any atom is -0.493 e. The maximum Gasteiger partial charge on any atom is 0.234 e. The predicted molar refractivity (Wildman–Crippen MR) is 100 cm³/mol. The van der Waals surface area contributed by atoms with Crippen LogP contribution in [0.15, 0.2) is 42.6 Å². The number of nitrogens with zero attached hydrogens (tertiary/aromatic N) is 2. The lowest BCUT2D eigenvalue weighted by Gasteiger charge is -2.24. The second-order valence-electron chi connectivity index (χ2n) is 6.52. The first kappa shape index (κ1) is 18.3. The maximum absolute atomic E-state index is 12.3. The molecule has 1 aliphatic rings. The van der Waals surface area contributed by atoms with Gasteiger partial charge < -0.3 is 19.4 Å². The summed E-state index contributed by atoms with van der Waals surface area (Å²) in [5, 5.41) is 2.94. The molecule has 1 saturated heterocycles. The summed E-state index contributed by atoms with van der Waals surface area (Å²) in [5.74, 6) is 1.42. The highest BCUT2D eigenvalue weighted by atomic mass is 16.5. The average molecular weight is 357 g/mol. The number of nitrogens with one attached hydrogen (secondary N) is 1. The smallest absolute Gasteiger partial charge is 0.234 e. The first-order valence-corrected chi connectivity index (χ1v) is 9.07. The van der Waals surface area contributed by atoms with Gasteiger partial charge in [-0.3, -0.25) is 9.69 Å². The highest BCUT2D eigenvalue weighted by Gasteiger charge is 2.28. The number of carbonyl (C=O) groups excluding carboxylic acids is 1. The summed E-state index contributed by atoms with van der Waals surface area (Å²) in [6.07, 6.45) is 4.28. The molecule has 2 heterocycles. The van der Waals surface area contributed by atoms with E-state index in [1.165, 1.54) is 5.69 Å². The number of para-hydroxylation sites is 2. The molecule has 0 unspecified atom stereocenters. The van der Waals surface area contributed by atoms with E-state index in [2.05, 4.69) is 40.2 Å². The van der Waals surface area contributed by atoms with E-state index in [-0.39, 0.29) is 5.91 Å². The number of likely N-dealkylation sites (tertiary alicyclic amines) is 1. The minimum atomic E-state index is 0.0368. The van der Waals surface area contributed by atoms with Gasteiger partial charge in [0, 0.05) is 18.9 Å².